The van der Waals surface area contributed by atoms with Crippen molar-refractivity contribution in [2.75, 3.05) is 5.32 Å². The number of amides is 3. The highest BCUT2D eigenvalue weighted by atomic mass is 35.5. The van der Waals surface area contributed by atoms with E-state index in [1.807, 2.05) is 24.3 Å². The van der Waals surface area contributed by atoms with E-state index >= 15 is 0 Å². The Kier molecular flexibility index (Phi) is 11.7. The number of aliphatic carboxylic acids is 1. The lowest BCUT2D eigenvalue weighted by Gasteiger charge is -2.37. The van der Waals surface area contributed by atoms with Gasteiger partial charge in [0.2, 0.25) is 12.0 Å². The van der Waals surface area contributed by atoms with Gasteiger partial charge in [0.1, 0.15) is 30.2 Å². The zero-order valence-electron chi connectivity index (χ0n) is 32.3. The van der Waals surface area contributed by atoms with Gasteiger partial charge in [-0.25, -0.2) is 4.79 Å². The normalized spacial score (nSPS) is 15.8. The SMILES string of the molecule is N#Cc1ccc(-c2ccc(CC(NC(=O)C3Cc4cc5c(cc4CN3C(=O)c3ccccc3)OC(c3ccc(OCc4cc(Cl)ccc4Cl)cc3)C(=O)N5)C(=O)O)cc2)cc1. The maximum atomic E-state index is 14.2. The molecular formula is C48H36Cl2N4O7. The minimum absolute atomic E-state index is 0.00363. The van der Waals surface area contributed by atoms with E-state index in [0.29, 0.717) is 60.6 Å². The molecule has 2 aliphatic rings. The van der Waals surface area contributed by atoms with Crippen molar-refractivity contribution in [2.24, 2.45) is 0 Å². The van der Waals surface area contributed by atoms with Crippen molar-refractivity contribution >= 4 is 52.6 Å². The van der Waals surface area contributed by atoms with Gasteiger partial charge in [-0.1, -0.05) is 89.9 Å². The predicted octanol–water partition coefficient (Wildman–Crippen LogP) is 8.56. The van der Waals surface area contributed by atoms with Gasteiger partial charge in [-0.15, -0.1) is 0 Å². The second-order valence-electron chi connectivity index (χ2n) is 14.7. The highest BCUT2D eigenvalue weighted by Gasteiger charge is 2.39. The third kappa shape index (κ3) is 9.06. The number of anilines is 1. The van der Waals surface area contributed by atoms with Gasteiger partial charge in [0, 0.05) is 46.1 Å². The number of carbonyl (C=O) groups is 4. The first kappa shape index (κ1) is 40.6. The second-order valence-corrected chi connectivity index (χ2v) is 15.5. The van der Waals surface area contributed by atoms with E-state index in [1.165, 1.54) is 4.90 Å². The number of hydrogen-bond acceptors (Lipinski definition) is 7. The van der Waals surface area contributed by atoms with Crippen molar-refractivity contribution in [3.05, 3.63) is 182 Å². The summed E-state index contributed by atoms with van der Waals surface area (Å²) >= 11 is 12.4. The first-order valence-corrected chi connectivity index (χ1v) is 20.1. The van der Waals surface area contributed by atoms with Crippen LogP contribution in [0.5, 0.6) is 11.5 Å². The molecule has 13 heteroatoms. The van der Waals surface area contributed by atoms with Crippen LogP contribution >= 0.6 is 23.2 Å². The van der Waals surface area contributed by atoms with Crippen molar-refractivity contribution in [2.45, 2.75) is 44.2 Å². The van der Waals surface area contributed by atoms with Crippen LogP contribution in [-0.4, -0.2) is 45.8 Å². The molecule has 0 aromatic heterocycles. The number of carbonyl (C=O) groups excluding carboxylic acids is 3. The number of hydrogen-bond donors (Lipinski definition) is 3. The van der Waals surface area contributed by atoms with E-state index < -0.39 is 41.9 Å². The molecule has 0 fully saturated rings. The Morgan fingerprint density at radius 3 is 2.28 bits per heavy atom. The van der Waals surface area contributed by atoms with Gasteiger partial charge in [-0.3, -0.25) is 14.4 Å². The molecule has 3 atom stereocenters. The van der Waals surface area contributed by atoms with Gasteiger partial charge in [0.05, 0.1) is 17.3 Å². The molecule has 11 nitrogen and oxygen atoms in total. The summed E-state index contributed by atoms with van der Waals surface area (Å²) in [5.74, 6) is -1.71. The summed E-state index contributed by atoms with van der Waals surface area (Å²) in [4.78, 5) is 55.7. The van der Waals surface area contributed by atoms with Crippen LogP contribution in [-0.2, 0) is 40.4 Å². The van der Waals surface area contributed by atoms with Gasteiger partial charge < -0.3 is 30.1 Å². The highest BCUT2D eigenvalue weighted by molar-refractivity contribution is 6.33. The Balaban J connectivity index is 0.994. The first-order valence-electron chi connectivity index (χ1n) is 19.3. The Morgan fingerprint density at radius 1 is 0.885 bits per heavy atom. The summed E-state index contributed by atoms with van der Waals surface area (Å²) in [6.07, 6.45) is -0.929. The van der Waals surface area contributed by atoms with E-state index in [9.17, 15) is 24.3 Å². The molecule has 0 radical (unpaired) electrons. The minimum atomic E-state index is -1.29. The quantitative estimate of drug-likeness (QED) is 0.117. The summed E-state index contributed by atoms with van der Waals surface area (Å²) < 4.78 is 12.2. The molecule has 0 saturated carbocycles. The number of carboxylic acids is 1. The van der Waals surface area contributed by atoms with E-state index in [4.69, 9.17) is 37.9 Å². The Hall–Kier alpha value is -7.13. The minimum Gasteiger partial charge on any atom is -0.489 e. The Morgan fingerprint density at radius 2 is 1.59 bits per heavy atom. The maximum Gasteiger partial charge on any atom is 0.326 e. The number of rotatable bonds is 11. The molecule has 2 heterocycles. The number of fused-ring (bicyclic) bond motifs is 2. The number of benzene rings is 6. The van der Waals surface area contributed by atoms with E-state index in [1.54, 1.807) is 109 Å². The van der Waals surface area contributed by atoms with Gasteiger partial charge in [0.25, 0.3) is 11.8 Å². The second kappa shape index (κ2) is 17.6. The van der Waals surface area contributed by atoms with Crippen molar-refractivity contribution in [1.82, 2.24) is 10.2 Å². The molecule has 3 N–H and O–H groups in total. The van der Waals surface area contributed by atoms with Crippen LogP contribution < -0.4 is 20.1 Å². The fraction of sp³-hybridized carbons (Fsp3) is 0.146. The summed E-state index contributed by atoms with van der Waals surface area (Å²) in [7, 11) is 0. The molecule has 3 amide bonds. The van der Waals surface area contributed by atoms with Crippen LogP contribution in [0, 0.1) is 11.3 Å². The molecule has 0 bridgehead atoms. The van der Waals surface area contributed by atoms with Crippen LogP contribution in [0.15, 0.2) is 133 Å². The van der Waals surface area contributed by atoms with Gasteiger partial charge in [0.15, 0.2) is 0 Å². The standard InChI is InChI=1S/C48H36Cl2N4O7/c49-37-16-19-39(50)36(21-37)27-60-38-17-14-32(15-18-38)44-46(56)52-40-22-34-23-42(54(26-35(34)24-43(40)61-44)47(57)33-4-2-1-3-5-33)45(55)53-41(48(58)59)20-28-6-10-30(11-7-28)31-12-8-29(25-51)9-13-31/h1-19,21-22,24,41-42,44H,20,23,26-27H2,(H,52,56)(H,53,55)(H,58,59). The number of nitrogens with one attached hydrogen (secondary N) is 2. The largest absolute Gasteiger partial charge is 0.489 e. The van der Waals surface area contributed by atoms with Crippen molar-refractivity contribution in [1.29, 1.82) is 5.26 Å². The molecule has 2 aliphatic heterocycles. The lowest BCUT2D eigenvalue weighted by Crippen LogP contribution is -2.56. The number of nitrogens with zero attached hydrogens (tertiary/aromatic N) is 2. The number of nitriles is 1. The summed E-state index contributed by atoms with van der Waals surface area (Å²) in [6, 6.07) is 38.3. The maximum absolute atomic E-state index is 14.2. The predicted molar refractivity (Wildman–Crippen MR) is 229 cm³/mol. The molecule has 304 valence electrons. The van der Waals surface area contributed by atoms with E-state index in [-0.39, 0.29) is 26.0 Å². The summed E-state index contributed by atoms with van der Waals surface area (Å²) in [5.41, 5.74) is 6.51. The zero-order valence-corrected chi connectivity index (χ0v) is 33.8. The number of carboxylic acid groups (broad SMARTS) is 1. The Bertz CT molecular complexity index is 2690. The topological polar surface area (TPSA) is 158 Å². The summed E-state index contributed by atoms with van der Waals surface area (Å²) in [5, 5.41) is 26.1. The average Bonchev–Trinajstić information content (AvgIpc) is 3.28. The van der Waals surface area contributed by atoms with Crippen molar-refractivity contribution < 1.29 is 33.8 Å². The zero-order chi connectivity index (χ0) is 42.6. The molecule has 3 unspecified atom stereocenters. The number of ether oxygens (including phenoxy) is 2. The molecule has 61 heavy (non-hydrogen) atoms. The third-order valence-electron chi connectivity index (χ3n) is 10.7. The molecule has 6 aromatic rings. The molecule has 8 rings (SSSR count). The van der Waals surface area contributed by atoms with Crippen molar-refractivity contribution in [3.8, 4) is 28.7 Å². The van der Waals surface area contributed by atoms with E-state index in [0.717, 1.165) is 16.7 Å². The van der Waals surface area contributed by atoms with Crippen LogP contribution in [0.4, 0.5) is 5.69 Å². The molecule has 0 spiro atoms. The molecule has 6 aromatic carbocycles. The van der Waals surface area contributed by atoms with Gasteiger partial charge in [-0.2, -0.15) is 5.26 Å². The van der Waals surface area contributed by atoms with Crippen LogP contribution in [0.1, 0.15) is 49.8 Å². The van der Waals surface area contributed by atoms with E-state index in [2.05, 4.69) is 16.7 Å². The third-order valence-corrected chi connectivity index (χ3v) is 11.3. The van der Waals surface area contributed by atoms with Crippen LogP contribution in [0.25, 0.3) is 11.1 Å². The highest BCUT2D eigenvalue weighted by Crippen LogP contribution is 2.40. The average molecular weight is 852 g/mol. The van der Waals surface area contributed by atoms with Gasteiger partial charge in [-0.05, 0) is 94.5 Å². The number of halogens is 2. The fourth-order valence-electron chi connectivity index (χ4n) is 7.43. The van der Waals surface area contributed by atoms with Crippen LogP contribution in [0.3, 0.4) is 0 Å². The molecular weight excluding hydrogens is 815 g/mol. The smallest absolute Gasteiger partial charge is 0.326 e. The molecule has 0 saturated heterocycles. The fourth-order valence-corrected chi connectivity index (χ4v) is 7.80. The van der Waals surface area contributed by atoms with Crippen molar-refractivity contribution in [3.63, 3.8) is 0 Å². The first-order chi connectivity index (χ1) is 29.5. The van der Waals surface area contributed by atoms with Gasteiger partial charge >= 0.3 is 5.97 Å². The lowest BCUT2D eigenvalue weighted by molar-refractivity contribution is -0.142. The lowest BCUT2D eigenvalue weighted by atomic mass is 9.91. The monoisotopic (exact) mass is 850 g/mol. The van der Waals surface area contributed by atoms with Crippen LogP contribution in [0.2, 0.25) is 10.0 Å². The Labute approximate surface area is 361 Å². The molecule has 0 aliphatic carbocycles. The summed E-state index contributed by atoms with van der Waals surface area (Å²) in [6.45, 7) is 0.217.